The van der Waals surface area contributed by atoms with Crippen LogP contribution >= 0.6 is 0 Å². The highest BCUT2D eigenvalue weighted by Gasteiger charge is 2.08. The van der Waals surface area contributed by atoms with Crippen molar-refractivity contribution in [2.75, 3.05) is 0 Å². The van der Waals surface area contributed by atoms with Gasteiger partial charge in [0.1, 0.15) is 13.8 Å². The van der Waals surface area contributed by atoms with Crippen molar-refractivity contribution in [2.45, 2.75) is 40.0 Å². The second-order valence-corrected chi connectivity index (χ2v) is 9.24. The van der Waals surface area contributed by atoms with Gasteiger partial charge < -0.3 is 0 Å². The Morgan fingerprint density at radius 1 is 1.43 bits per heavy atom. The fraction of sp³-hybridized carbons (Fsp3) is 0.545. The average molecular weight is 206 g/mol. The molecule has 1 heterocycles. The van der Waals surface area contributed by atoms with Crippen LogP contribution in [0.2, 0.25) is 19.6 Å². The van der Waals surface area contributed by atoms with Crippen LogP contribution in [0.3, 0.4) is 0 Å². The lowest BCUT2D eigenvalue weighted by molar-refractivity contribution is 0.646. The van der Waals surface area contributed by atoms with Crippen molar-refractivity contribution in [3.63, 3.8) is 0 Å². The molecule has 76 valence electrons. The van der Waals surface area contributed by atoms with E-state index >= 15 is 0 Å². The van der Waals surface area contributed by atoms with Crippen LogP contribution in [0.15, 0.2) is 6.07 Å². The lowest BCUT2D eigenvalue weighted by Gasteiger charge is -2.03. The Morgan fingerprint density at radius 3 is 2.57 bits per heavy atom. The molecule has 1 aromatic heterocycles. The second kappa shape index (κ2) is 4.01. The maximum absolute atomic E-state index is 4.36. The van der Waals surface area contributed by atoms with Crippen molar-refractivity contribution in [3.8, 4) is 11.5 Å². The van der Waals surface area contributed by atoms with Crippen LogP contribution in [-0.4, -0.2) is 17.9 Å². The van der Waals surface area contributed by atoms with Crippen LogP contribution in [0.1, 0.15) is 18.3 Å². The molecule has 0 bridgehead atoms. The molecule has 0 aliphatic carbocycles. The largest absolute Gasteiger partial charge is 0.257 e. The third-order valence-electron chi connectivity index (χ3n) is 1.77. The van der Waals surface area contributed by atoms with Crippen LogP contribution in [0.25, 0.3) is 0 Å². The van der Waals surface area contributed by atoms with Crippen LogP contribution < -0.4 is 0 Å². The van der Waals surface area contributed by atoms with E-state index in [1.165, 1.54) is 0 Å². The van der Waals surface area contributed by atoms with Gasteiger partial charge >= 0.3 is 0 Å². The van der Waals surface area contributed by atoms with Crippen LogP contribution in [0.5, 0.6) is 0 Å². The zero-order valence-electron chi connectivity index (χ0n) is 9.68. The summed E-state index contributed by atoms with van der Waals surface area (Å²) in [5, 5.41) is 4.36. The molecule has 0 N–H and O–H groups in total. The molecular weight excluding hydrogens is 188 g/mol. The summed E-state index contributed by atoms with van der Waals surface area (Å²) in [5.74, 6) is 3.24. The summed E-state index contributed by atoms with van der Waals surface area (Å²) in [6, 6.07) is 2.05. The Labute approximate surface area is 87.3 Å². The molecule has 1 rings (SSSR count). The normalized spacial score (nSPS) is 10.9. The quantitative estimate of drug-likeness (QED) is 0.510. The highest BCUT2D eigenvalue weighted by Crippen LogP contribution is 2.03. The van der Waals surface area contributed by atoms with Gasteiger partial charge in [-0.3, -0.25) is 4.68 Å². The van der Waals surface area contributed by atoms with E-state index in [1.54, 1.807) is 0 Å². The van der Waals surface area contributed by atoms with E-state index in [9.17, 15) is 0 Å². The third-order valence-corrected chi connectivity index (χ3v) is 2.64. The van der Waals surface area contributed by atoms with Gasteiger partial charge in [-0.2, -0.15) is 5.10 Å². The lowest BCUT2D eigenvalue weighted by Crippen LogP contribution is -2.16. The molecule has 0 aliphatic rings. The first-order chi connectivity index (χ1) is 6.42. The second-order valence-electron chi connectivity index (χ2n) is 4.49. The molecule has 14 heavy (non-hydrogen) atoms. The number of rotatable bonds is 1. The van der Waals surface area contributed by atoms with E-state index in [0.717, 1.165) is 17.9 Å². The van der Waals surface area contributed by atoms with Crippen molar-refractivity contribution in [1.82, 2.24) is 9.78 Å². The number of aromatic nitrogens is 2. The highest BCUT2D eigenvalue weighted by atomic mass is 28.3. The van der Waals surface area contributed by atoms with Gasteiger partial charge in [-0.25, -0.2) is 0 Å². The van der Waals surface area contributed by atoms with E-state index in [-0.39, 0.29) is 0 Å². The van der Waals surface area contributed by atoms with E-state index in [1.807, 2.05) is 11.6 Å². The summed E-state index contributed by atoms with van der Waals surface area (Å²) < 4.78 is 1.96. The molecule has 0 aliphatic heterocycles. The monoisotopic (exact) mass is 206 g/mol. The summed E-state index contributed by atoms with van der Waals surface area (Å²) in [7, 11) is -1.27. The number of nitrogens with zero attached hydrogens (tertiary/aromatic N) is 2. The molecule has 2 nitrogen and oxygen atoms in total. The molecule has 0 unspecified atom stereocenters. The van der Waals surface area contributed by atoms with Crippen molar-refractivity contribution in [3.05, 3.63) is 17.5 Å². The van der Waals surface area contributed by atoms with Crippen molar-refractivity contribution < 1.29 is 0 Å². The zero-order chi connectivity index (χ0) is 10.8. The summed E-state index contributed by atoms with van der Waals surface area (Å²) in [5.41, 5.74) is 5.45. The van der Waals surface area contributed by atoms with Gasteiger partial charge in [0.2, 0.25) is 0 Å². The number of hydrogen-bond acceptors (Lipinski definition) is 1. The van der Waals surface area contributed by atoms with Crippen molar-refractivity contribution >= 4 is 8.07 Å². The van der Waals surface area contributed by atoms with Gasteiger partial charge in [0, 0.05) is 6.54 Å². The molecule has 0 fully saturated rings. The minimum absolute atomic E-state index is 0.892. The predicted molar refractivity (Wildman–Crippen MR) is 62.9 cm³/mol. The molecule has 1 aromatic rings. The minimum Gasteiger partial charge on any atom is -0.257 e. The SMILES string of the molecule is CCn1nc(C)cc1C#C[Si](C)(C)C. The molecule has 3 heteroatoms. The highest BCUT2D eigenvalue weighted by molar-refractivity contribution is 6.83. The number of aryl methyl sites for hydroxylation is 2. The van der Waals surface area contributed by atoms with Crippen molar-refractivity contribution in [2.24, 2.45) is 0 Å². The Bertz CT molecular complexity index is 374. The van der Waals surface area contributed by atoms with Crippen LogP contribution in [0, 0.1) is 18.4 Å². The van der Waals surface area contributed by atoms with E-state index in [2.05, 4.69) is 49.2 Å². The minimum atomic E-state index is -1.27. The smallest absolute Gasteiger partial charge is 0.129 e. The first-order valence-corrected chi connectivity index (χ1v) is 8.50. The molecule has 0 aromatic carbocycles. The summed E-state index contributed by atoms with van der Waals surface area (Å²) in [6.45, 7) is 11.7. The first-order valence-electron chi connectivity index (χ1n) is 5.00. The van der Waals surface area contributed by atoms with Crippen LogP contribution in [0.4, 0.5) is 0 Å². The van der Waals surface area contributed by atoms with Gasteiger partial charge in [-0.05, 0) is 19.9 Å². The van der Waals surface area contributed by atoms with Gasteiger partial charge in [0.15, 0.2) is 0 Å². The van der Waals surface area contributed by atoms with Gasteiger partial charge in [-0.15, -0.1) is 5.54 Å². The van der Waals surface area contributed by atoms with Gasteiger partial charge in [0.25, 0.3) is 0 Å². The Balaban J connectivity index is 3.00. The Morgan fingerprint density at radius 2 is 2.07 bits per heavy atom. The standard InChI is InChI=1S/C11H18N2Si/c1-6-13-11(9-10(2)12-13)7-8-14(3,4)5/h9H,6H2,1-5H3. The first kappa shape index (κ1) is 11.1. The van der Waals surface area contributed by atoms with Gasteiger partial charge in [-0.1, -0.05) is 25.6 Å². The van der Waals surface area contributed by atoms with Crippen molar-refractivity contribution in [1.29, 1.82) is 0 Å². The molecule has 0 spiro atoms. The molecule has 0 atom stereocenters. The summed E-state index contributed by atoms with van der Waals surface area (Å²) in [4.78, 5) is 0. The zero-order valence-corrected chi connectivity index (χ0v) is 10.7. The molecule has 0 amide bonds. The third kappa shape index (κ3) is 3.04. The lowest BCUT2D eigenvalue weighted by atomic mass is 10.4. The van der Waals surface area contributed by atoms with E-state index in [4.69, 9.17) is 0 Å². The maximum Gasteiger partial charge on any atom is 0.129 e. The fourth-order valence-corrected chi connectivity index (χ4v) is 1.64. The van der Waals surface area contributed by atoms with E-state index < -0.39 is 8.07 Å². The topological polar surface area (TPSA) is 17.8 Å². The molecule has 0 saturated carbocycles. The van der Waals surface area contributed by atoms with Crippen LogP contribution in [-0.2, 0) is 6.54 Å². The van der Waals surface area contributed by atoms with E-state index in [0.29, 0.717) is 0 Å². The fourth-order valence-electron chi connectivity index (χ4n) is 1.14. The summed E-state index contributed by atoms with van der Waals surface area (Å²) in [6.07, 6.45) is 0. The predicted octanol–water partition coefficient (Wildman–Crippen LogP) is 2.44. The number of hydrogen-bond donors (Lipinski definition) is 0. The average Bonchev–Trinajstić information content (AvgIpc) is 2.41. The van der Waals surface area contributed by atoms with Gasteiger partial charge in [0.05, 0.1) is 5.69 Å². The summed E-state index contributed by atoms with van der Waals surface area (Å²) >= 11 is 0. The maximum atomic E-state index is 4.36. The molecule has 0 saturated heterocycles. The Hall–Kier alpha value is -1.01. The Kier molecular flexibility index (Phi) is 3.17. The molecule has 0 radical (unpaired) electrons. The molecular formula is C11H18N2Si.